The Morgan fingerprint density at radius 2 is 1.76 bits per heavy atom. The van der Waals surface area contributed by atoms with Gasteiger partial charge in [0.1, 0.15) is 23.9 Å². The van der Waals surface area contributed by atoms with Crippen molar-refractivity contribution in [3.8, 4) is 11.5 Å². The lowest BCUT2D eigenvalue weighted by atomic mass is 9.94. The zero-order valence-electron chi connectivity index (χ0n) is 22.1. The maximum Gasteiger partial charge on any atom is 0.295 e. The van der Waals surface area contributed by atoms with E-state index in [0.717, 1.165) is 29.6 Å². The first-order valence-electron chi connectivity index (χ1n) is 12.8. The number of hydrogen-bond donors (Lipinski definition) is 1. The van der Waals surface area contributed by atoms with Crippen LogP contribution in [0.5, 0.6) is 11.5 Å². The average molecular weight is 515 g/mol. The summed E-state index contributed by atoms with van der Waals surface area (Å²) >= 11 is 0. The normalized spacial score (nSPS) is 16.8. The third-order valence-corrected chi connectivity index (χ3v) is 6.95. The molecule has 1 atom stereocenters. The van der Waals surface area contributed by atoms with Gasteiger partial charge in [-0.1, -0.05) is 56.8 Å². The van der Waals surface area contributed by atoms with Crippen LogP contribution in [0.3, 0.4) is 0 Å². The molecule has 3 aromatic carbocycles. The zero-order valence-corrected chi connectivity index (χ0v) is 22.1. The van der Waals surface area contributed by atoms with Gasteiger partial charge in [0.25, 0.3) is 11.7 Å². The van der Waals surface area contributed by atoms with Gasteiger partial charge in [0.05, 0.1) is 18.7 Å². The van der Waals surface area contributed by atoms with Crippen molar-refractivity contribution < 1.29 is 24.2 Å². The minimum Gasteiger partial charge on any atom is -0.507 e. The summed E-state index contributed by atoms with van der Waals surface area (Å²) in [5.74, 6) is -0.192. The Labute approximate surface area is 223 Å². The van der Waals surface area contributed by atoms with E-state index in [0.29, 0.717) is 36.6 Å². The molecule has 0 aliphatic carbocycles. The molecule has 1 unspecified atom stereocenters. The largest absolute Gasteiger partial charge is 0.507 e. The molecule has 38 heavy (non-hydrogen) atoms. The van der Waals surface area contributed by atoms with E-state index in [1.165, 1.54) is 0 Å². The fraction of sp³-hybridized carbons (Fsp3) is 0.290. The predicted molar refractivity (Wildman–Crippen MR) is 149 cm³/mol. The van der Waals surface area contributed by atoms with Crippen LogP contribution in [0.15, 0.2) is 78.9 Å². The van der Waals surface area contributed by atoms with Crippen LogP contribution in [0.4, 0.5) is 0 Å². The molecule has 3 aromatic rings. The number of aliphatic hydroxyl groups is 1. The van der Waals surface area contributed by atoms with E-state index in [2.05, 4.69) is 25.3 Å². The van der Waals surface area contributed by atoms with Gasteiger partial charge in [-0.3, -0.25) is 9.59 Å². The number of ether oxygens (including phenoxy) is 2. The van der Waals surface area contributed by atoms with Gasteiger partial charge in [-0.15, -0.1) is 0 Å². The minimum atomic E-state index is -0.746. The lowest BCUT2D eigenvalue weighted by Gasteiger charge is -2.28. The molecule has 1 heterocycles. The molecule has 7 nitrogen and oxygen atoms in total. The van der Waals surface area contributed by atoms with Crippen LogP contribution in [0.25, 0.3) is 16.5 Å². The number of aliphatic hydroxyl groups excluding tert-OH is 1. The lowest BCUT2D eigenvalue weighted by molar-refractivity contribution is -0.140. The quantitative estimate of drug-likeness (QED) is 0.164. The molecule has 1 amide bonds. The van der Waals surface area contributed by atoms with Gasteiger partial charge in [-0.2, -0.15) is 0 Å². The fourth-order valence-electron chi connectivity index (χ4n) is 4.83. The van der Waals surface area contributed by atoms with Gasteiger partial charge >= 0.3 is 0 Å². The number of hydrogen-bond acceptors (Lipinski definition) is 6. The predicted octanol–water partition coefficient (Wildman–Crippen LogP) is 5.18. The average Bonchev–Trinajstić information content (AvgIpc) is 3.20. The number of benzene rings is 3. The minimum absolute atomic E-state index is 0.0725. The third kappa shape index (κ3) is 5.43. The van der Waals surface area contributed by atoms with Crippen molar-refractivity contribution in [2.75, 3.05) is 39.9 Å². The van der Waals surface area contributed by atoms with Crippen molar-refractivity contribution in [2.45, 2.75) is 19.9 Å². The summed E-state index contributed by atoms with van der Waals surface area (Å²) in [7, 11) is 1.61. The van der Waals surface area contributed by atoms with E-state index in [1.54, 1.807) is 24.2 Å². The van der Waals surface area contributed by atoms with Crippen molar-refractivity contribution >= 4 is 28.2 Å². The standard InChI is InChI=1S/C31H34N2O5/c1-5-17-38-26-10-8-9-23(20-26)28-27(30(35)31(36)33(28)16-15-32(6-2)7-3)29(34)24-12-11-22-19-25(37-4)14-13-21(22)18-24/h5,8-14,18-20,28,34H,1,6-7,15-17H2,2-4H3/b29-27+. The van der Waals surface area contributed by atoms with E-state index < -0.39 is 17.7 Å². The number of carbonyl (C=O) groups excluding carboxylic acids is 2. The Balaban J connectivity index is 1.82. The van der Waals surface area contributed by atoms with Crippen molar-refractivity contribution in [1.29, 1.82) is 0 Å². The number of ketones is 1. The Hall–Kier alpha value is -4.10. The highest BCUT2D eigenvalue weighted by atomic mass is 16.5. The van der Waals surface area contributed by atoms with E-state index in [4.69, 9.17) is 9.47 Å². The van der Waals surface area contributed by atoms with Crippen LogP contribution in [0, 0.1) is 0 Å². The van der Waals surface area contributed by atoms with Crippen molar-refractivity contribution in [3.05, 3.63) is 90.0 Å². The van der Waals surface area contributed by atoms with Crippen LogP contribution in [0.2, 0.25) is 0 Å². The first kappa shape index (κ1) is 26.9. The second-order valence-corrected chi connectivity index (χ2v) is 9.12. The topological polar surface area (TPSA) is 79.3 Å². The van der Waals surface area contributed by atoms with Crippen LogP contribution in [-0.4, -0.2) is 66.5 Å². The number of carbonyl (C=O) groups is 2. The summed E-state index contributed by atoms with van der Waals surface area (Å²) < 4.78 is 11.0. The Morgan fingerprint density at radius 1 is 1.03 bits per heavy atom. The number of likely N-dealkylation sites (tertiary alicyclic amines) is 1. The molecule has 1 fully saturated rings. The monoisotopic (exact) mass is 514 g/mol. The van der Waals surface area contributed by atoms with E-state index >= 15 is 0 Å². The highest BCUT2D eigenvalue weighted by Crippen LogP contribution is 2.40. The Morgan fingerprint density at radius 3 is 2.47 bits per heavy atom. The Kier molecular flexibility index (Phi) is 8.48. The lowest BCUT2D eigenvalue weighted by Crippen LogP contribution is -2.38. The van der Waals surface area contributed by atoms with Crippen molar-refractivity contribution in [1.82, 2.24) is 9.80 Å². The second kappa shape index (κ2) is 12.0. The first-order valence-corrected chi connectivity index (χ1v) is 12.8. The molecule has 1 aliphatic rings. The van der Waals surface area contributed by atoms with Crippen LogP contribution in [-0.2, 0) is 9.59 Å². The molecule has 0 spiro atoms. The number of rotatable bonds is 11. The number of nitrogens with zero attached hydrogens (tertiary/aromatic N) is 2. The molecule has 1 N–H and O–H groups in total. The summed E-state index contributed by atoms with van der Waals surface area (Å²) in [6, 6.07) is 17.6. The summed E-state index contributed by atoms with van der Waals surface area (Å²) in [5.41, 5.74) is 1.23. The maximum atomic E-state index is 13.4. The molecule has 0 aromatic heterocycles. The number of Topliss-reactive ketones (excluding diaryl/α,β-unsaturated/α-hetero) is 1. The second-order valence-electron chi connectivity index (χ2n) is 9.12. The molecule has 0 radical (unpaired) electrons. The van der Waals surface area contributed by atoms with E-state index in [1.807, 2.05) is 54.6 Å². The summed E-state index contributed by atoms with van der Waals surface area (Å²) in [4.78, 5) is 30.5. The van der Waals surface area contributed by atoms with Gasteiger partial charge in [-0.25, -0.2) is 0 Å². The zero-order chi connectivity index (χ0) is 27.2. The fourth-order valence-corrected chi connectivity index (χ4v) is 4.83. The van der Waals surface area contributed by atoms with E-state index in [-0.39, 0.29) is 11.3 Å². The maximum absolute atomic E-state index is 13.4. The molecule has 7 heteroatoms. The molecule has 4 rings (SSSR count). The SMILES string of the molecule is C=CCOc1cccc(C2/C(=C(\O)c3ccc4cc(OC)ccc4c3)C(=O)C(=O)N2CCN(CC)CC)c1. The smallest absolute Gasteiger partial charge is 0.295 e. The third-order valence-electron chi connectivity index (χ3n) is 6.95. The molecule has 0 saturated carbocycles. The van der Waals surface area contributed by atoms with Crippen molar-refractivity contribution in [2.24, 2.45) is 0 Å². The van der Waals surface area contributed by atoms with Crippen LogP contribution in [0.1, 0.15) is 31.0 Å². The molecular formula is C31H34N2O5. The Bertz CT molecular complexity index is 1380. The summed E-state index contributed by atoms with van der Waals surface area (Å²) in [6.45, 7) is 10.8. The van der Waals surface area contributed by atoms with Gasteiger partial charge in [0.15, 0.2) is 0 Å². The van der Waals surface area contributed by atoms with Crippen LogP contribution >= 0.6 is 0 Å². The first-order chi connectivity index (χ1) is 18.4. The highest BCUT2D eigenvalue weighted by molar-refractivity contribution is 6.46. The molecule has 0 bridgehead atoms. The van der Waals surface area contributed by atoms with Gasteiger partial charge in [-0.05, 0) is 59.8 Å². The number of amides is 1. The van der Waals surface area contributed by atoms with Gasteiger partial charge in [0.2, 0.25) is 0 Å². The number of fused-ring (bicyclic) bond motifs is 1. The number of methoxy groups -OCH3 is 1. The van der Waals surface area contributed by atoms with Crippen LogP contribution < -0.4 is 9.47 Å². The molecular weight excluding hydrogens is 480 g/mol. The molecule has 1 saturated heterocycles. The van der Waals surface area contributed by atoms with Gasteiger partial charge < -0.3 is 24.4 Å². The van der Waals surface area contributed by atoms with Gasteiger partial charge in [0, 0.05) is 18.7 Å². The molecule has 198 valence electrons. The van der Waals surface area contributed by atoms with E-state index in [9.17, 15) is 14.7 Å². The summed E-state index contributed by atoms with van der Waals surface area (Å²) in [6.07, 6.45) is 1.65. The highest BCUT2D eigenvalue weighted by Gasteiger charge is 2.46. The molecule has 1 aliphatic heterocycles. The number of likely N-dealkylation sites (N-methyl/N-ethyl adjacent to an activating group) is 1. The summed E-state index contributed by atoms with van der Waals surface area (Å²) in [5, 5.41) is 13.3. The van der Waals surface area contributed by atoms with Crippen molar-refractivity contribution in [3.63, 3.8) is 0 Å².